The average Bonchev–Trinajstić information content (AvgIpc) is 1.82. The predicted octanol–water partition coefficient (Wildman–Crippen LogP) is 0.282. The molecular weight excluding hydrogens is 152 g/mol. The van der Waals surface area contributed by atoms with E-state index in [0.29, 0.717) is 0 Å². The van der Waals surface area contributed by atoms with E-state index in [0.717, 1.165) is 13.0 Å². The van der Waals surface area contributed by atoms with Crippen LogP contribution in [0.2, 0.25) is 0 Å². The molecular formula is C6H15ClN2O. The second kappa shape index (κ2) is 6.83. The number of nitrogens with two attached hydrogens (primary N) is 1. The van der Waals surface area contributed by atoms with Crippen molar-refractivity contribution in [2.45, 2.75) is 26.3 Å². The van der Waals surface area contributed by atoms with Crippen molar-refractivity contribution < 1.29 is 4.79 Å². The summed E-state index contributed by atoms with van der Waals surface area (Å²) < 4.78 is 0. The van der Waals surface area contributed by atoms with E-state index in [2.05, 4.69) is 5.32 Å². The standard InChI is InChI=1S/C6H14N2O.ClH/c1-3-4-8-6(9)5(2)7;/h5H,3-4,7H2,1-2H3,(H,8,9);1H. The minimum atomic E-state index is -0.378. The second-order valence-corrected chi connectivity index (χ2v) is 2.08. The van der Waals surface area contributed by atoms with Crippen molar-refractivity contribution in [3.8, 4) is 0 Å². The van der Waals surface area contributed by atoms with E-state index >= 15 is 0 Å². The number of amides is 1. The lowest BCUT2D eigenvalue weighted by Crippen LogP contribution is -2.38. The highest BCUT2D eigenvalue weighted by molar-refractivity contribution is 5.85. The van der Waals surface area contributed by atoms with Crippen LogP contribution in [-0.2, 0) is 4.79 Å². The molecule has 1 atom stereocenters. The van der Waals surface area contributed by atoms with Crippen molar-refractivity contribution in [1.82, 2.24) is 5.32 Å². The molecule has 0 radical (unpaired) electrons. The van der Waals surface area contributed by atoms with Gasteiger partial charge in [-0.05, 0) is 13.3 Å². The number of carbonyl (C=O) groups is 1. The average molecular weight is 167 g/mol. The molecule has 0 saturated carbocycles. The van der Waals surface area contributed by atoms with Crippen LogP contribution < -0.4 is 11.1 Å². The number of rotatable bonds is 3. The lowest BCUT2D eigenvalue weighted by atomic mass is 10.3. The van der Waals surface area contributed by atoms with Gasteiger partial charge in [0.1, 0.15) is 0 Å². The van der Waals surface area contributed by atoms with E-state index < -0.39 is 0 Å². The van der Waals surface area contributed by atoms with Crippen LogP contribution in [0.15, 0.2) is 0 Å². The van der Waals surface area contributed by atoms with Gasteiger partial charge in [0.05, 0.1) is 6.04 Å². The van der Waals surface area contributed by atoms with E-state index in [-0.39, 0.29) is 24.4 Å². The van der Waals surface area contributed by atoms with Crippen LogP contribution in [0.1, 0.15) is 20.3 Å². The summed E-state index contributed by atoms with van der Waals surface area (Å²) in [5.41, 5.74) is 5.26. The van der Waals surface area contributed by atoms with Gasteiger partial charge in [0, 0.05) is 6.54 Å². The summed E-state index contributed by atoms with van der Waals surface area (Å²) in [7, 11) is 0. The predicted molar refractivity (Wildman–Crippen MR) is 44.2 cm³/mol. The third-order valence-electron chi connectivity index (χ3n) is 0.963. The smallest absolute Gasteiger partial charge is 0.236 e. The summed E-state index contributed by atoms with van der Waals surface area (Å²) in [5.74, 6) is -0.0724. The quantitative estimate of drug-likeness (QED) is 0.633. The highest BCUT2D eigenvalue weighted by atomic mass is 35.5. The first kappa shape index (κ1) is 12.4. The van der Waals surface area contributed by atoms with E-state index in [1.54, 1.807) is 6.92 Å². The molecule has 0 spiro atoms. The first-order chi connectivity index (χ1) is 4.18. The first-order valence-corrected chi connectivity index (χ1v) is 3.21. The van der Waals surface area contributed by atoms with E-state index in [1.165, 1.54) is 0 Å². The van der Waals surface area contributed by atoms with Crippen molar-refractivity contribution in [2.24, 2.45) is 5.73 Å². The summed E-state index contributed by atoms with van der Waals surface area (Å²) >= 11 is 0. The van der Waals surface area contributed by atoms with E-state index in [4.69, 9.17) is 5.73 Å². The van der Waals surface area contributed by atoms with Crippen molar-refractivity contribution in [3.05, 3.63) is 0 Å². The molecule has 0 aliphatic carbocycles. The Balaban J connectivity index is 0. The Bertz CT molecular complexity index is 95.7. The molecule has 3 N–H and O–H groups in total. The zero-order valence-corrected chi connectivity index (χ0v) is 7.20. The number of halogens is 1. The Labute approximate surface area is 67.8 Å². The lowest BCUT2D eigenvalue weighted by Gasteiger charge is -2.04. The highest BCUT2D eigenvalue weighted by Crippen LogP contribution is 1.75. The minimum Gasteiger partial charge on any atom is -0.355 e. The van der Waals surface area contributed by atoms with Gasteiger partial charge in [-0.1, -0.05) is 6.92 Å². The fourth-order valence-electron chi connectivity index (χ4n) is 0.409. The molecule has 1 amide bonds. The first-order valence-electron chi connectivity index (χ1n) is 3.21. The Morgan fingerprint density at radius 3 is 2.50 bits per heavy atom. The molecule has 0 aromatic carbocycles. The van der Waals surface area contributed by atoms with Gasteiger partial charge >= 0.3 is 0 Å². The molecule has 0 rings (SSSR count). The molecule has 0 aromatic heterocycles. The maximum atomic E-state index is 10.7. The number of nitrogens with one attached hydrogen (secondary N) is 1. The Kier molecular flexibility index (Phi) is 8.48. The molecule has 3 nitrogen and oxygen atoms in total. The van der Waals surface area contributed by atoms with Crippen LogP contribution in [0.5, 0.6) is 0 Å². The van der Waals surface area contributed by atoms with E-state index in [9.17, 15) is 4.79 Å². The monoisotopic (exact) mass is 166 g/mol. The Hall–Kier alpha value is -0.280. The molecule has 0 saturated heterocycles. The van der Waals surface area contributed by atoms with Crippen molar-refractivity contribution >= 4 is 18.3 Å². The Morgan fingerprint density at radius 1 is 1.70 bits per heavy atom. The molecule has 4 heteroatoms. The number of hydrogen-bond donors (Lipinski definition) is 2. The van der Waals surface area contributed by atoms with Crippen LogP contribution in [0.25, 0.3) is 0 Å². The summed E-state index contributed by atoms with van der Waals surface area (Å²) in [6, 6.07) is -0.378. The van der Waals surface area contributed by atoms with Crippen molar-refractivity contribution in [2.75, 3.05) is 6.54 Å². The molecule has 1 unspecified atom stereocenters. The number of hydrogen-bond acceptors (Lipinski definition) is 2. The molecule has 0 aliphatic heterocycles. The van der Waals surface area contributed by atoms with Gasteiger partial charge in [-0.3, -0.25) is 4.79 Å². The molecule has 0 fully saturated rings. The largest absolute Gasteiger partial charge is 0.355 e. The zero-order chi connectivity index (χ0) is 7.28. The molecule has 0 heterocycles. The molecule has 0 aromatic rings. The van der Waals surface area contributed by atoms with Gasteiger partial charge in [-0.25, -0.2) is 0 Å². The second-order valence-electron chi connectivity index (χ2n) is 2.08. The van der Waals surface area contributed by atoms with Gasteiger partial charge in [-0.2, -0.15) is 0 Å². The maximum Gasteiger partial charge on any atom is 0.236 e. The van der Waals surface area contributed by atoms with Gasteiger partial charge in [-0.15, -0.1) is 12.4 Å². The van der Waals surface area contributed by atoms with Crippen LogP contribution in [-0.4, -0.2) is 18.5 Å². The normalized spacial score (nSPS) is 11.5. The summed E-state index contributed by atoms with van der Waals surface area (Å²) in [6.07, 6.45) is 0.957. The summed E-state index contributed by atoms with van der Waals surface area (Å²) in [5, 5.41) is 2.67. The SMILES string of the molecule is CCCNC(=O)C(C)N.Cl. The van der Waals surface area contributed by atoms with Crippen LogP contribution >= 0.6 is 12.4 Å². The third-order valence-corrected chi connectivity index (χ3v) is 0.963. The fraction of sp³-hybridized carbons (Fsp3) is 0.833. The van der Waals surface area contributed by atoms with Gasteiger partial charge in [0.25, 0.3) is 0 Å². The maximum absolute atomic E-state index is 10.7. The van der Waals surface area contributed by atoms with Gasteiger partial charge in [0.15, 0.2) is 0 Å². The van der Waals surface area contributed by atoms with Crippen LogP contribution in [0.4, 0.5) is 0 Å². The summed E-state index contributed by atoms with van der Waals surface area (Å²) in [4.78, 5) is 10.7. The van der Waals surface area contributed by atoms with Crippen molar-refractivity contribution in [3.63, 3.8) is 0 Å². The van der Waals surface area contributed by atoms with Gasteiger partial charge in [0.2, 0.25) is 5.91 Å². The Morgan fingerprint density at radius 2 is 2.20 bits per heavy atom. The molecule has 62 valence electrons. The summed E-state index contributed by atoms with van der Waals surface area (Å²) in [6.45, 7) is 4.40. The minimum absolute atomic E-state index is 0. The fourth-order valence-corrected chi connectivity index (χ4v) is 0.409. The van der Waals surface area contributed by atoms with Gasteiger partial charge < -0.3 is 11.1 Å². The lowest BCUT2D eigenvalue weighted by molar-refractivity contribution is -0.121. The molecule has 0 bridgehead atoms. The van der Waals surface area contributed by atoms with Crippen LogP contribution in [0.3, 0.4) is 0 Å². The number of carbonyl (C=O) groups excluding carboxylic acids is 1. The molecule has 10 heavy (non-hydrogen) atoms. The van der Waals surface area contributed by atoms with E-state index in [1.807, 2.05) is 6.92 Å². The topological polar surface area (TPSA) is 55.1 Å². The molecule has 0 aliphatic rings. The van der Waals surface area contributed by atoms with Crippen LogP contribution in [0, 0.1) is 0 Å². The highest BCUT2D eigenvalue weighted by Gasteiger charge is 2.03. The van der Waals surface area contributed by atoms with Crippen molar-refractivity contribution in [1.29, 1.82) is 0 Å². The third kappa shape index (κ3) is 5.85. The zero-order valence-electron chi connectivity index (χ0n) is 6.39.